The quantitative estimate of drug-likeness (QED) is 0.374. The van der Waals surface area contributed by atoms with E-state index < -0.39 is 0 Å². The molecule has 0 bridgehead atoms. The van der Waals surface area contributed by atoms with Crippen LogP contribution in [0.4, 0.5) is 0 Å². The Kier molecular flexibility index (Phi) is 8.46. The molecule has 0 spiro atoms. The summed E-state index contributed by atoms with van der Waals surface area (Å²) >= 11 is 0. The normalized spacial score (nSPS) is 18.7. The van der Waals surface area contributed by atoms with Crippen molar-refractivity contribution in [2.45, 2.75) is 37.5 Å². The number of nitrogens with zero attached hydrogens (tertiary/aromatic N) is 1. The first-order chi connectivity index (χ1) is 16.8. The van der Waals surface area contributed by atoms with Crippen molar-refractivity contribution in [2.24, 2.45) is 5.16 Å². The second-order valence-electron chi connectivity index (χ2n) is 8.24. The van der Waals surface area contributed by atoms with Crippen LogP contribution in [-0.4, -0.2) is 57.1 Å². The summed E-state index contributed by atoms with van der Waals surface area (Å²) in [6.45, 7) is 0. The number of carbonyl (C=O) groups excluding carboxylic acids is 3. The molecule has 2 unspecified atom stereocenters. The number of fused-ring (bicyclic) bond motifs is 2. The van der Waals surface area contributed by atoms with Crippen molar-refractivity contribution in [3.8, 4) is 11.5 Å². The fourth-order valence-electron chi connectivity index (χ4n) is 4.45. The van der Waals surface area contributed by atoms with Gasteiger partial charge in [0.2, 0.25) is 0 Å². The Labute approximate surface area is 203 Å². The molecular formula is C26H29NO8. The SMILES string of the molecule is COC(=O)CC1CC(=NO)c2ccc(OC)cc21.COC(=O)CC1CC(=O)c2ccc(OC)cc21. The molecule has 0 saturated carbocycles. The monoisotopic (exact) mass is 483 g/mol. The Morgan fingerprint density at radius 2 is 1.31 bits per heavy atom. The molecule has 2 aliphatic carbocycles. The Morgan fingerprint density at radius 3 is 1.80 bits per heavy atom. The standard InChI is InChI=1S/C13H15NO4.C13H14O4/c1-17-9-3-4-10-11(7-9)8(5-12(10)14-16)6-13(15)18-2;1-16-9-3-4-10-11(7-9)8(5-12(10)14)6-13(15)17-2/h3-4,7-8,16H,5-6H2,1-2H3;3-4,7-8H,5-6H2,1-2H3. The number of esters is 2. The van der Waals surface area contributed by atoms with Crippen LogP contribution in [0.15, 0.2) is 41.6 Å². The van der Waals surface area contributed by atoms with Crippen molar-refractivity contribution in [1.29, 1.82) is 0 Å². The topological polar surface area (TPSA) is 121 Å². The second kappa shape index (κ2) is 11.5. The lowest BCUT2D eigenvalue weighted by atomic mass is 9.98. The van der Waals surface area contributed by atoms with E-state index in [1.54, 1.807) is 26.4 Å². The van der Waals surface area contributed by atoms with Crippen molar-refractivity contribution in [2.75, 3.05) is 28.4 Å². The van der Waals surface area contributed by atoms with Crippen LogP contribution in [0.5, 0.6) is 11.5 Å². The molecule has 0 aromatic heterocycles. The first-order valence-corrected chi connectivity index (χ1v) is 11.1. The molecule has 2 atom stereocenters. The van der Waals surface area contributed by atoms with E-state index in [0.29, 0.717) is 29.9 Å². The van der Waals surface area contributed by atoms with Gasteiger partial charge in [0.05, 0.1) is 47.0 Å². The molecule has 9 nitrogen and oxygen atoms in total. The number of carbonyl (C=O) groups is 3. The number of hydrogen-bond acceptors (Lipinski definition) is 9. The molecule has 0 heterocycles. The summed E-state index contributed by atoms with van der Waals surface area (Å²) in [4.78, 5) is 34.4. The summed E-state index contributed by atoms with van der Waals surface area (Å²) < 4.78 is 19.6. The number of oxime groups is 1. The number of rotatable bonds is 6. The Balaban J connectivity index is 0.000000196. The van der Waals surface area contributed by atoms with Crippen LogP contribution >= 0.6 is 0 Å². The first kappa shape index (κ1) is 25.7. The molecular weight excluding hydrogens is 454 g/mol. The summed E-state index contributed by atoms with van der Waals surface area (Å²) in [6, 6.07) is 10.9. The molecule has 35 heavy (non-hydrogen) atoms. The molecule has 1 N–H and O–H groups in total. The van der Waals surface area contributed by atoms with Gasteiger partial charge in [0, 0.05) is 35.8 Å². The predicted octanol–water partition coefficient (Wildman–Crippen LogP) is 3.85. The Morgan fingerprint density at radius 1 is 0.829 bits per heavy atom. The summed E-state index contributed by atoms with van der Waals surface area (Å²) in [5, 5.41) is 12.3. The summed E-state index contributed by atoms with van der Waals surface area (Å²) in [5.74, 6) is 0.840. The minimum Gasteiger partial charge on any atom is -0.497 e. The minimum absolute atomic E-state index is 0.0200. The lowest BCUT2D eigenvalue weighted by Crippen LogP contribution is -2.06. The summed E-state index contributed by atoms with van der Waals surface area (Å²) in [5.41, 5.74) is 4.01. The molecule has 2 aromatic carbocycles. The molecule has 9 heteroatoms. The van der Waals surface area contributed by atoms with Gasteiger partial charge in [-0.2, -0.15) is 0 Å². The summed E-state index contributed by atoms with van der Waals surface area (Å²) in [7, 11) is 5.89. The number of benzene rings is 2. The molecule has 0 aliphatic heterocycles. The van der Waals surface area contributed by atoms with Gasteiger partial charge in [0.15, 0.2) is 5.78 Å². The van der Waals surface area contributed by atoms with Gasteiger partial charge in [-0.25, -0.2) is 0 Å². The largest absolute Gasteiger partial charge is 0.497 e. The minimum atomic E-state index is -0.293. The van der Waals surface area contributed by atoms with E-state index in [-0.39, 0.29) is 42.4 Å². The van der Waals surface area contributed by atoms with Gasteiger partial charge >= 0.3 is 11.9 Å². The molecule has 186 valence electrons. The van der Waals surface area contributed by atoms with Gasteiger partial charge in [-0.1, -0.05) is 5.16 Å². The van der Waals surface area contributed by atoms with Crippen LogP contribution in [0.3, 0.4) is 0 Å². The van der Waals surface area contributed by atoms with Crippen LogP contribution in [0, 0.1) is 0 Å². The molecule has 0 saturated heterocycles. The third kappa shape index (κ3) is 5.79. The second-order valence-corrected chi connectivity index (χ2v) is 8.24. The number of hydrogen-bond donors (Lipinski definition) is 1. The maximum Gasteiger partial charge on any atom is 0.306 e. The highest BCUT2D eigenvalue weighted by Gasteiger charge is 2.32. The molecule has 0 fully saturated rings. The predicted molar refractivity (Wildman–Crippen MR) is 127 cm³/mol. The van der Waals surface area contributed by atoms with E-state index in [1.165, 1.54) is 14.2 Å². The third-order valence-corrected chi connectivity index (χ3v) is 6.28. The van der Waals surface area contributed by atoms with E-state index in [4.69, 9.17) is 14.7 Å². The third-order valence-electron chi connectivity index (χ3n) is 6.28. The molecule has 2 aromatic rings. The highest BCUT2D eigenvalue weighted by atomic mass is 16.5. The van der Waals surface area contributed by atoms with Crippen LogP contribution in [0.1, 0.15) is 64.6 Å². The fourth-order valence-corrected chi connectivity index (χ4v) is 4.45. The van der Waals surface area contributed by atoms with Crippen LogP contribution < -0.4 is 9.47 Å². The summed E-state index contributed by atoms with van der Waals surface area (Å²) in [6.07, 6.45) is 1.42. The van der Waals surface area contributed by atoms with E-state index in [9.17, 15) is 14.4 Å². The van der Waals surface area contributed by atoms with Crippen LogP contribution in [0.2, 0.25) is 0 Å². The highest BCUT2D eigenvalue weighted by molar-refractivity contribution is 6.05. The lowest BCUT2D eigenvalue weighted by molar-refractivity contribution is -0.141. The molecule has 4 rings (SSSR count). The zero-order chi connectivity index (χ0) is 25.5. The Hall–Kier alpha value is -3.88. The zero-order valence-corrected chi connectivity index (χ0v) is 20.2. The average Bonchev–Trinajstić information content (AvgIpc) is 3.39. The van der Waals surface area contributed by atoms with Crippen molar-refractivity contribution >= 4 is 23.4 Å². The number of Topliss-reactive ketones (excluding diaryl/α,β-unsaturated/α-hetero) is 1. The highest BCUT2D eigenvalue weighted by Crippen LogP contribution is 2.39. The van der Waals surface area contributed by atoms with E-state index >= 15 is 0 Å². The smallest absolute Gasteiger partial charge is 0.306 e. The number of ether oxygens (including phenoxy) is 4. The van der Waals surface area contributed by atoms with Gasteiger partial charge in [0.25, 0.3) is 0 Å². The number of ketones is 1. The zero-order valence-electron chi connectivity index (χ0n) is 20.2. The van der Waals surface area contributed by atoms with Gasteiger partial charge in [-0.3, -0.25) is 14.4 Å². The van der Waals surface area contributed by atoms with Gasteiger partial charge in [-0.15, -0.1) is 0 Å². The molecule has 0 amide bonds. The van der Waals surface area contributed by atoms with Gasteiger partial charge in [0.1, 0.15) is 11.5 Å². The molecule has 0 radical (unpaired) electrons. The average molecular weight is 484 g/mol. The van der Waals surface area contributed by atoms with E-state index in [2.05, 4.69) is 14.6 Å². The van der Waals surface area contributed by atoms with Gasteiger partial charge in [-0.05, 0) is 47.5 Å². The van der Waals surface area contributed by atoms with Crippen molar-refractivity contribution in [1.82, 2.24) is 0 Å². The van der Waals surface area contributed by atoms with E-state index in [0.717, 1.165) is 22.4 Å². The maximum absolute atomic E-state index is 11.8. The van der Waals surface area contributed by atoms with Crippen LogP contribution in [0.25, 0.3) is 0 Å². The van der Waals surface area contributed by atoms with Crippen LogP contribution in [-0.2, 0) is 19.1 Å². The maximum atomic E-state index is 11.8. The van der Waals surface area contributed by atoms with Gasteiger partial charge < -0.3 is 24.2 Å². The van der Waals surface area contributed by atoms with Crippen molar-refractivity contribution in [3.63, 3.8) is 0 Å². The fraction of sp³-hybridized carbons (Fsp3) is 0.385. The molecule has 2 aliphatic rings. The Bertz CT molecular complexity index is 1140. The first-order valence-electron chi connectivity index (χ1n) is 11.1. The van der Waals surface area contributed by atoms with Crippen molar-refractivity contribution in [3.05, 3.63) is 58.7 Å². The van der Waals surface area contributed by atoms with Crippen molar-refractivity contribution < 1.29 is 38.5 Å². The lowest BCUT2D eigenvalue weighted by Gasteiger charge is -2.10. The number of methoxy groups -OCH3 is 4. The van der Waals surface area contributed by atoms with E-state index in [1.807, 2.05) is 24.3 Å².